The highest BCUT2D eigenvalue weighted by atomic mass is 35.5. The minimum atomic E-state index is -1.38. The number of nitrogens with one attached hydrogen (secondary N) is 1. The average Bonchev–Trinajstić information content (AvgIpc) is 2.33. The summed E-state index contributed by atoms with van der Waals surface area (Å²) in [5.74, 6) is -5.65. The molecule has 0 atom stereocenters. The summed E-state index contributed by atoms with van der Waals surface area (Å²) in [7, 11) is 0. The molecular formula is C13H6Cl2F3NO2. The zero-order chi connectivity index (χ0) is 15.7. The van der Waals surface area contributed by atoms with Crippen LogP contribution in [0.1, 0.15) is 10.4 Å². The summed E-state index contributed by atoms with van der Waals surface area (Å²) in [6.07, 6.45) is 0. The summed E-state index contributed by atoms with van der Waals surface area (Å²) in [4.78, 5) is 11.8. The van der Waals surface area contributed by atoms with Gasteiger partial charge in [0.2, 0.25) is 0 Å². The van der Waals surface area contributed by atoms with Crippen molar-refractivity contribution in [2.75, 3.05) is 5.32 Å². The standard InChI is InChI=1S/C13H6Cl2F3NO2/c14-5-1-7(15)12(20)10(2-5)19-13(21)11-8(17)3-6(16)4-9(11)18/h1-4,20H,(H,19,21). The molecule has 0 heterocycles. The van der Waals surface area contributed by atoms with Crippen molar-refractivity contribution in [2.45, 2.75) is 0 Å². The van der Waals surface area contributed by atoms with Gasteiger partial charge in [0.05, 0.1) is 10.7 Å². The Morgan fingerprint density at radius 2 is 1.62 bits per heavy atom. The molecule has 21 heavy (non-hydrogen) atoms. The maximum atomic E-state index is 13.5. The van der Waals surface area contributed by atoms with Gasteiger partial charge in [-0.25, -0.2) is 13.2 Å². The maximum absolute atomic E-state index is 13.5. The lowest BCUT2D eigenvalue weighted by Gasteiger charge is -2.10. The van der Waals surface area contributed by atoms with Crippen LogP contribution in [0.4, 0.5) is 18.9 Å². The third-order valence-corrected chi connectivity index (χ3v) is 3.02. The molecule has 0 radical (unpaired) electrons. The monoisotopic (exact) mass is 335 g/mol. The molecule has 1 amide bonds. The number of aromatic hydroxyl groups is 1. The second-order valence-corrected chi connectivity index (χ2v) is 4.83. The molecule has 0 aliphatic rings. The SMILES string of the molecule is O=C(Nc1cc(Cl)cc(Cl)c1O)c1c(F)cc(F)cc1F. The largest absolute Gasteiger partial charge is 0.504 e. The molecule has 0 fully saturated rings. The van der Waals surface area contributed by atoms with E-state index in [0.717, 1.165) is 6.07 Å². The summed E-state index contributed by atoms with van der Waals surface area (Å²) in [6.45, 7) is 0. The smallest absolute Gasteiger partial charge is 0.261 e. The van der Waals surface area contributed by atoms with Gasteiger partial charge in [-0.1, -0.05) is 23.2 Å². The average molecular weight is 336 g/mol. The van der Waals surface area contributed by atoms with Gasteiger partial charge in [0.15, 0.2) is 5.75 Å². The molecule has 2 rings (SSSR count). The van der Waals surface area contributed by atoms with Crippen molar-refractivity contribution in [2.24, 2.45) is 0 Å². The number of rotatable bonds is 2. The van der Waals surface area contributed by atoms with Gasteiger partial charge in [-0.05, 0) is 12.1 Å². The van der Waals surface area contributed by atoms with Crippen molar-refractivity contribution < 1.29 is 23.1 Å². The molecule has 0 aromatic heterocycles. The summed E-state index contributed by atoms with van der Waals surface area (Å²) in [6, 6.07) is 3.08. The number of carbonyl (C=O) groups is 1. The Labute approximate surface area is 126 Å². The molecule has 3 nitrogen and oxygen atoms in total. The molecule has 0 saturated heterocycles. The van der Waals surface area contributed by atoms with Gasteiger partial charge in [-0.2, -0.15) is 0 Å². The van der Waals surface area contributed by atoms with Crippen LogP contribution in [-0.2, 0) is 0 Å². The van der Waals surface area contributed by atoms with Crippen molar-refractivity contribution in [1.29, 1.82) is 0 Å². The normalized spacial score (nSPS) is 10.5. The van der Waals surface area contributed by atoms with Gasteiger partial charge in [-0.3, -0.25) is 4.79 Å². The van der Waals surface area contributed by atoms with Crippen molar-refractivity contribution in [3.63, 3.8) is 0 Å². The lowest BCUT2D eigenvalue weighted by Crippen LogP contribution is -2.16. The predicted octanol–water partition coefficient (Wildman–Crippen LogP) is 4.37. The Bertz CT molecular complexity index is 715. The van der Waals surface area contributed by atoms with Crippen molar-refractivity contribution in [1.82, 2.24) is 0 Å². The van der Waals surface area contributed by atoms with Crippen molar-refractivity contribution >= 4 is 34.8 Å². The molecule has 8 heteroatoms. The van der Waals surface area contributed by atoms with E-state index in [1.807, 2.05) is 5.32 Å². The Balaban J connectivity index is 2.40. The maximum Gasteiger partial charge on any atom is 0.261 e. The van der Waals surface area contributed by atoms with Crippen LogP contribution < -0.4 is 5.32 Å². The van der Waals surface area contributed by atoms with Crippen molar-refractivity contribution in [3.05, 3.63) is 57.3 Å². The van der Waals surface area contributed by atoms with E-state index in [1.54, 1.807) is 0 Å². The van der Waals surface area contributed by atoms with Gasteiger partial charge >= 0.3 is 0 Å². The molecule has 2 aromatic carbocycles. The zero-order valence-corrected chi connectivity index (χ0v) is 11.6. The number of amides is 1. The molecule has 0 unspecified atom stereocenters. The predicted molar refractivity (Wildman–Crippen MR) is 72.4 cm³/mol. The van der Waals surface area contributed by atoms with E-state index < -0.39 is 34.7 Å². The highest BCUT2D eigenvalue weighted by Crippen LogP contribution is 2.35. The van der Waals surface area contributed by atoms with Crippen LogP contribution in [0.5, 0.6) is 5.75 Å². The van der Waals surface area contributed by atoms with E-state index in [-0.39, 0.29) is 15.7 Å². The van der Waals surface area contributed by atoms with E-state index in [0.29, 0.717) is 12.1 Å². The Hall–Kier alpha value is -1.92. The Morgan fingerprint density at radius 3 is 2.19 bits per heavy atom. The van der Waals surface area contributed by atoms with Crippen LogP contribution in [0, 0.1) is 17.5 Å². The second-order valence-electron chi connectivity index (χ2n) is 3.98. The quantitative estimate of drug-likeness (QED) is 0.800. The van der Waals surface area contributed by atoms with Gasteiger partial charge in [0, 0.05) is 17.2 Å². The fourth-order valence-electron chi connectivity index (χ4n) is 1.61. The lowest BCUT2D eigenvalue weighted by atomic mass is 10.1. The van der Waals surface area contributed by atoms with E-state index >= 15 is 0 Å². The third-order valence-electron chi connectivity index (χ3n) is 2.51. The van der Waals surface area contributed by atoms with Crippen LogP contribution in [-0.4, -0.2) is 11.0 Å². The Morgan fingerprint density at radius 1 is 1.05 bits per heavy atom. The third kappa shape index (κ3) is 3.22. The van der Waals surface area contributed by atoms with Crippen LogP contribution in [0.25, 0.3) is 0 Å². The fourth-order valence-corrected chi connectivity index (χ4v) is 2.10. The molecular weight excluding hydrogens is 330 g/mol. The molecule has 0 aliphatic carbocycles. The molecule has 110 valence electrons. The number of benzene rings is 2. The topological polar surface area (TPSA) is 49.3 Å². The number of anilines is 1. The fraction of sp³-hybridized carbons (Fsp3) is 0. The minimum absolute atomic E-state index is 0.0909. The summed E-state index contributed by atoms with van der Waals surface area (Å²) >= 11 is 11.3. The zero-order valence-electron chi connectivity index (χ0n) is 10.1. The molecule has 2 aromatic rings. The van der Waals surface area contributed by atoms with E-state index in [4.69, 9.17) is 23.2 Å². The first kappa shape index (κ1) is 15.5. The number of halogens is 5. The highest BCUT2D eigenvalue weighted by molar-refractivity contribution is 6.36. The van der Waals surface area contributed by atoms with E-state index in [1.165, 1.54) is 6.07 Å². The lowest BCUT2D eigenvalue weighted by molar-refractivity contribution is 0.101. The first-order valence-corrected chi connectivity index (χ1v) is 6.19. The summed E-state index contributed by atoms with van der Waals surface area (Å²) in [5, 5.41) is 11.6. The molecule has 0 aliphatic heterocycles. The van der Waals surface area contributed by atoms with Gasteiger partial charge in [-0.15, -0.1) is 0 Å². The molecule has 0 spiro atoms. The van der Waals surface area contributed by atoms with E-state index in [2.05, 4.69) is 0 Å². The van der Waals surface area contributed by atoms with Crippen LogP contribution in [0.2, 0.25) is 10.0 Å². The van der Waals surface area contributed by atoms with E-state index in [9.17, 15) is 23.1 Å². The number of carbonyl (C=O) groups excluding carboxylic acids is 1. The first-order chi connectivity index (χ1) is 9.79. The van der Waals surface area contributed by atoms with Crippen LogP contribution in [0.3, 0.4) is 0 Å². The van der Waals surface area contributed by atoms with Gasteiger partial charge in [0.1, 0.15) is 23.0 Å². The first-order valence-electron chi connectivity index (χ1n) is 5.43. The number of hydrogen-bond acceptors (Lipinski definition) is 2. The second kappa shape index (κ2) is 5.83. The molecule has 2 N–H and O–H groups in total. The number of phenolic OH excluding ortho intramolecular Hbond substituents is 1. The Kier molecular flexibility index (Phi) is 4.29. The number of phenols is 1. The summed E-state index contributed by atoms with van der Waals surface area (Å²) in [5.41, 5.74) is -1.23. The minimum Gasteiger partial charge on any atom is -0.504 e. The van der Waals surface area contributed by atoms with Gasteiger partial charge < -0.3 is 10.4 Å². The number of hydrogen-bond donors (Lipinski definition) is 2. The molecule has 0 bridgehead atoms. The molecule has 0 saturated carbocycles. The van der Waals surface area contributed by atoms with Crippen LogP contribution >= 0.6 is 23.2 Å². The van der Waals surface area contributed by atoms with Gasteiger partial charge in [0.25, 0.3) is 5.91 Å². The summed E-state index contributed by atoms with van der Waals surface area (Å²) < 4.78 is 39.7. The highest BCUT2D eigenvalue weighted by Gasteiger charge is 2.20. The van der Waals surface area contributed by atoms with Crippen molar-refractivity contribution in [3.8, 4) is 5.75 Å². The van der Waals surface area contributed by atoms with Crippen LogP contribution in [0.15, 0.2) is 24.3 Å².